The van der Waals surface area contributed by atoms with Crippen LogP contribution in [0.2, 0.25) is 0 Å². The molecule has 0 amide bonds. The lowest BCUT2D eigenvalue weighted by molar-refractivity contribution is 0.211. The van der Waals surface area contributed by atoms with Crippen molar-refractivity contribution in [3.05, 3.63) is 71.5 Å². The minimum absolute atomic E-state index is 0.227. The summed E-state index contributed by atoms with van der Waals surface area (Å²) in [6.45, 7) is 3.90. The second-order valence-corrected chi connectivity index (χ2v) is 6.87. The van der Waals surface area contributed by atoms with E-state index in [-0.39, 0.29) is 19.0 Å². The molecule has 0 aliphatic rings. The van der Waals surface area contributed by atoms with Crippen LogP contribution in [0.3, 0.4) is 0 Å². The molecule has 0 heterocycles. The fourth-order valence-corrected chi connectivity index (χ4v) is 3.31. The van der Waals surface area contributed by atoms with Crippen molar-refractivity contribution < 1.29 is 18.0 Å². The Balaban J connectivity index is 2.29. The number of rotatable bonds is 9. The standard InChI is InChI=1S/C18H22FN2O3P/c1-3-23-25(22,24-4-2)21-20-18(14-15-8-6-5-7-9-15)16-10-12-17(19)13-11-16/h5-13H,3-4,14H2,1-2H3,(H,21,22)/b20-18-. The van der Waals surface area contributed by atoms with Gasteiger partial charge >= 0.3 is 7.75 Å². The van der Waals surface area contributed by atoms with Crippen molar-refractivity contribution in [1.29, 1.82) is 0 Å². The van der Waals surface area contributed by atoms with Gasteiger partial charge in [-0.05, 0) is 37.1 Å². The number of hydrazone groups is 1. The molecule has 0 aromatic heterocycles. The highest BCUT2D eigenvalue weighted by atomic mass is 31.2. The van der Waals surface area contributed by atoms with E-state index in [9.17, 15) is 8.96 Å². The first-order chi connectivity index (χ1) is 12.1. The molecule has 134 valence electrons. The third kappa shape index (κ3) is 6.09. The van der Waals surface area contributed by atoms with Gasteiger partial charge in [0.05, 0.1) is 18.9 Å². The summed E-state index contributed by atoms with van der Waals surface area (Å²) in [6.07, 6.45) is 0.484. The molecular formula is C18H22FN2O3P. The number of benzene rings is 2. The molecule has 2 rings (SSSR count). The lowest BCUT2D eigenvalue weighted by Crippen LogP contribution is -2.15. The number of nitrogens with one attached hydrogen (secondary N) is 1. The quantitative estimate of drug-likeness (QED) is 0.403. The Labute approximate surface area is 147 Å². The van der Waals surface area contributed by atoms with Gasteiger partial charge in [-0.15, -0.1) is 0 Å². The zero-order valence-electron chi connectivity index (χ0n) is 14.3. The van der Waals surface area contributed by atoms with Crippen LogP contribution < -0.4 is 5.20 Å². The van der Waals surface area contributed by atoms with Gasteiger partial charge in [-0.3, -0.25) is 9.05 Å². The lowest BCUT2D eigenvalue weighted by atomic mass is 10.0. The van der Waals surface area contributed by atoms with Crippen LogP contribution in [-0.4, -0.2) is 18.9 Å². The molecule has 0 radical (unpaired) electrons. The van der Waals surface area contributed by atoms with Crippen molar-refractivity contribution in [3.8, 4) is 0 Å². The molecule has 25 heavy (non-hydrogen) atoms. The van der Waals surface area contributed by atoms with Gasteiger partial charge in [0.1, 0.15) is 5.82 Å². The van der Waals surface area contributed by atoms with E-state index in [0.717, 1.165) is 11.1 Å². The van der Waals surface area contributed by atoms with E-state index in [1.54, 1.807) is 26.0 Å². The SMILES string of the molecule is CCOP(=O)(N/N=C(/Cc1ccccc1)c1ccc(F)cc1)OCC. The fraction of sp³-hybridized carbons (Fsp3) is 0.278. The highest BCUT2D eigenvalue weighted by Gasteiger charge is 2.23. The number of hydrogen-bond donors (Lipinski definition) is 1. The van der Waals surface area contributed by atoms with E-state index >= 15 is 0 Å². The van der Waals surface area contributed by atoms with Gasteiger partial charge < -0.3 is 0 Å². The highest BCUT2D eigenvalue weighted by Crippen LogP contribution is 2.43. The van der Waals surface area contributed by atoms with E-state index in [1.165, 1.54) is 12.1 Å². The molecule has 1 N–H and O–H groups in total. The van der Waals surface area contributed by atoms with E-state index in [1.807, 2.05) is 30.3 Å². The topological polar surface area (TPSA) is 59.9 Å². The first-order valence-corrected chi connectivity index (χ1v) is 9.63. The van der Waals surface area contributed by atoms with Gasteiger partial charge in [0.25, 0.3) is 0 Å². The Hall–Kier alpha value is -2.01. The van der Waals surface area contributed by atoms with Gasteiger partial charge in [-0.2, -0.15) is 5.10 Å². The molecule has 0 unspecified atom stereocenters. The Kier molecular flexibility index (Phi) is 7.31. The molecule has 5 nitrogen and oxygen atoms in total. The van der Waals surface area contributed by atoms with Gasteiger partial charge in [0.2, 0.25) is 0 Å². The maximum atomic E-state index is 13.2. The summed E-state index contributed by atoms with van der Waals surface area (Å²) < 4.78 is 36.1. The van der Waals surface area contributed by atoms with Crippen molar-refractivity contribution in [2.45, 2.75) is 20.3 Å². The van der Waals surface area contributed by atoms with Crippen LogP contribution in [0.1, 0.15) is 25.0 Å². The summed E-state index contributed by atoms with van der Waals surface area (Å²) >= 11 is 0. The molecule has 0 saturated carbocycles. The average Bonchev–Trinajstić information content (AvgIpc) is 2.61. The molecule has 0 aliphatic heterocycles. The largest absolute Gasteiger partial charge is 0.448 e. The minimum atomic E-state index is -3.52. The first kappa shape index (κ1) is 19.3. The molecule has 0 bridgehead atoms. The van der Waals surface area contributed by atoms with Crippen LogP contribution in [0.5, 0.6) is 0 Å². The smallest absolute Gasteiger partial charge is 0.292 e. The molecule has 0 fully saturated rings. The summed E-state index contributed by atoms with van der Waals surface area (Å²) in [7, 11) is -3.52. The third-order valence-corrected chi connectivity index (χ3v) is 4.84. The predicted molar refractivity (Wildman–Crippen MR) is 97.1 cm³/mol. The van der Waals surface area contributed by atoms with Crippen molar-refractivity contribution in [3.63, 3.8) is 0 Å². The summed E-state index contributed by atoms with van der Waals surface area (Å²) in [5.41, 5.74) is 2.35. The predicted octanol–water partition coefficient (Wildman–Crippen LogP) is 4.54. The Bertz CT molecular complexity index is 726. The van der Waals surface area contributed by atoms with Crippen LogP contribution in [0.4, 0.5) is 4.39 Å². The van der Waals surface area contributed by atoms with Gasteiger partial charge in [-0.25, -0.2) is 14.2 Å². The molecular weight excluding hydrogens is 342 g/mol. The Morgan fingerprint density at radius 1 is 1.04 bits per heavy atom. The van der Waals surface area contributed by atoms with Crippen LogP contribution in [0.15, 0.2) is 59.7 Å². The molecule has 2 aromatic carbocycles. The van der Waals surface area contributed by atoms with E-state index in [4.69, 9.17) is 9.05 Å². The monoisotopic (exact) mass is 364 g/mol. The normalized spacial score (nSPS) is 12.2. The third-order valence-electron chi connectivity index (χ3n) is 3.30. The number of hydrogen-bond acceptors (Lipinski definition) is 4. The van der Waals surface area contributed by atoms with E-state index in [0.29, 0.717) is 12.1 Å². The number of nitrogens with zero attached hydrogens (tertiary/aromatic N) is 1. The molecule has 7 heteroatoms. The zero-order valence-corrected chi connectivity index (χ0v) is 15.2. The molecule has 2 aromatic rings. The summed E-state index contributed by atoms with van der Waals surface area (Å²) in [5.74, 6) is -0.329. The van der Waals surface area contributed by atoms with Gasteiger partial charge in [0, 0.05) is 6.42 Å². The Morgan fingerprint density at radius 2 is 1.64 bits per heavy atom. The maximum absolute atomic E-state index is 13.2. The molecule has 0 aliphatic carbocycles. The van der Waals surface area contributed by atoms with Gasteiger partial charge in [-0.1, -0.05) is 42.5 Å². The minimum Gasteiger partial charge on any atom is -0.292 e. The van der Waals surface area contributed by atoms with Gasteiger partial charge in [0.15, 0.2) is 0 Å². The van der Waals surface area contributed by atoms with E-state index in [2.05, 4.69) is 10.3 Å². The van der Waals surface area contributed by atoms with Crippen molar-refractivity contribution in [1.82, 2.24) is 5.20 Å². The van der Waals surface area contributed by atoms with Crippen LogP contribution in [-0.2, 0) is 20.0 Å². The number of halogens is 1. The van der Waals surface area contributed by atoms with E-state index < -0.39 is 7.75 Å². The van der Waals surface area contributed by atoms with Crippen LogP contribution in [0, 0.1) is 5.82 Å². The highest BCUT2D eigenvalue weighted by molar-refractivity contribution is 7.51. The van der Waals surface area contributed by atoms with Crippen molar-refractivity contribution in [2.24, 2.45) is 5.10 Å². The second kappa shape index (κ2) is 9.47. The maximum Gasteiger partial charge on any atom is 0.448 e. The van der Waals surface area contributed by atoms with Crippen LogP contribution >= 0.6 is 7.75 Å². The second-order valence-electron chi connectivity index (χ2n) is 5.16. The fourth-order valence-electron chi connectivity index (χ4n) is 2.19. The molecule has 0 spiro atoms. The summed E-state index contributed by atoms with van der Waals surface area (Å²) in [4.78, 5) is 0. The van der Waals surface area contributed by atoms with Crippen molar-refractivity contribution in [2.75, 3.05) is 13.2 Å². The molecule has 0 saturated heterocycles. The summed E-state index contributed by atoms with van der Waals surface area (Å²) in [6, 6.07) is 15.7. The zero-order chi connectivity index (χ0) is 18.1. The average molecular weight is 364 g/mol. The summed E-state index contributed by atoms with van der Waals surface area (Å²) in [5, 5.41) is 6.80. The van der Waals surface area contributed by atoms with Crippen molar-refractivity contribution >= 4 is 13.5 Å². The lowest BCUT2D eigenvalue weighted by Gasteiger charge is -2.16. The molecule has 0 atom stereocenters. The van der Waals surface area contributed by atoms with Crippen LogP contribution in [0.25, 0.3) is 0 Å². The first-order valence-electron chi connectivity index (χ1n) is 8.09. The Morgan fingerprint density at radius 3 is 2.20 bits per heavy atom.